The van der Waals surface area contributed by atoms with Crippen LogP contribution < -0.4 is 0 Å². The molecule has 0 aromatic carbocycles. The third-order valence-corrected chi connectivity index (χ3v) is 2.69. The second-order valence-corrected chi connectivity index (χ2v) is 3.99. The third-order valence-electron chi connectivity index (χ3n) is 2.45. The van der Waals surface area contributed by atoms with Crippen molar-refractivity contribution in [3.05, 3.63) is 5.82 Å². The summed E-state index contributed by atoms with van der Waals surface area (Å²) in [5.41, 5.74) is 0. The third kappa shape index (κ3) is 4.60. The maximum absolute atomic E-state index is 5.69. The largest absolute Gasteiger partial charge is 0.228 e. The molecule has 0 aliphatic rings. The molecule has 0 radical (unpaired) electrons. The summed E-state index contributed by atoms with van der Waals surface area (Å²) in [7, 11) is 0. The molecule has 0 N–H and O–H groups in total. The Balaban J connectivity index is 2.09. The van der Waals surface area contributed by atoms with Crippen molar-refractivity contribution in [2.24, 2.45) is 0 Å². The van der Waals surface area contributed by atoms with Crippen LogP contribution >= 0.6 is 11.6 Å². The standard InChI is InChI=1S/C10H19ClN4/c1-2-3-4-5-6-7-8-15-10(9-11)12-13-14-15/h2-9H2,1H3. The van der Waals surface area contributed by atoms with Crippen LogP contribution in [-0.2, 0) is 12.4 Å². The first kappa shape index (κ1) is 12.4. The van der Waals surface area contributed by atoms with Gasteiger partial charge in [0.2, 0.25) is 0 Å². The Morgan fingerprint density at radius 1 is 1.13 bits per heavy atom. The number of tetrazole rings is 1. The van der Waals surface area contributed by atoms with Gasteiger partial charge in [-0.25, -0.2) is 4.68 Å². The molecular formula is C10H19ClN4. The number of aryl methyl sites for hydroxylation is 1. The molecule has 86 valence electrons. The molecule has 4 nitrogen and oxygen atoms in total. The van der Waals surface area contributed by atoms with E-state index in [1.807, 2.05) is 0 Å². The van der Waals surface area contributed by atoms with Crippen LogP contribution in [0.1, 0.15) is 51.3 Å². The van der Waals surface area contributed by atoms with Gasteiger partial charge in [-0.15, -0.1) is 16.7 Å². The zero-order valence-electron chi connectivity index (χ0n) is 9.32. The van der Waals surface area contributed by atoms with Crippen molar-refractivity contribution < 1.29 is 0 Å². The molecule has 0 saturated carbocycles. The predicted molar refractivity (Wildman–Crippen MR) is 60.8 cm³/mol. The zero-order chi connectivity index (χ0) is 10.9. The molecule has 0 bridgehead atoms. The number of aromatic nitrogens is 4. The molecule has 15 heavy (non-hydrogen) atoms. The van der Waals surface area contributed by atoms with Crippen LogP contribution in [-0.4, -0.2) is 20.2 Å². The molecule has 5 heteroatoms. The summed E-state index contributed by atoms with van der Waals surface area (Å²) < 4.78 is 1.80. The summed E-state index contributed by atoms with van der Waals surface area (Å²) in [6, 6.07) is 0. The van der Waals surface area contributed by atoms with Gasteiger partial charge in [-0.2, -0.15) is 0 Å². The lowest BCUT2D eigenvalue weighted by Gasteiger charge is -2.02. The number of rotatable bonds is 8. The molecular weight excluding hydrogens is 212 g/mol. The summed E-state index contributed by atoms with van der Waals surface area (Å²) in [5, 5.41) is 11.3. The molecule has 0 aliphatic heterocycles. The molecule has 0 atom stereocenters. The maximum Gasteiger partial charge on any atom is 0.165 e. The van der Waals surface area contributed by atoms with E-state index in [9.17, 15) is 0 Å². The van der Waals surface area contributed by atoms with Gasteiger partial charge in [0.15, 0.2) is 5.82 Å². The summed E-state index contributed by atoms with van der Waals surface area (Å²) >= 11 is 5.69. The monoisotopic (exact) mass is 230 g/mol. The van der Waals surface area contributed by atoms with Crippen molar-refractivity contribution in [3.8, 4) is 0 Å². The van der Waals surface area contributed by atoms with Crippen LogP contribution in [0.3, 0.4) is 0 Å². The summed E-state index contributed by atoms with van der Waals surface area (Å²) in [6.07, 6.45) is 7.68. The molecule has 1 aromatic heterocycles. The molecule has 1 aromatic rings. The van der Waals surface area contributed by atoms with Gasteiger partial charge in [-0.1, -0.05) is 39.0 Å². The average Bonchev–Trinajstić information content (AvgIpc) is 2.70. The molecule has 0 aliphatic carbocycles. The molecule has 0 unspecified atom stereocenters. The number of alkyl halides is 1. The molecule has 0 spiro atoms. The smallest absolute Gasteiger partial charge is 0.165 e. The highest BCUT2D eigenvalue weighted by Crippen LogP contribution is 2.06. The number of nitrogens with zero attached hydrogens (tertiary/aromatic N) is 4. The fourth-order valence-electron chi connectivity index (χ4n) is 1.53. The van der Waals surface area contributed by atoms with Gasteiger partial charge in [-0.3, -0.25) is 0 Å². The van der Waals surface area contributed by atoms with Crippen molar-refractivity contribution in [3.63, 3.8) is 0 Å². The highest BCUT2D eigenvalue weighted by atomic mass is 35.5. The van der Waals surface area contributed by atoms with Crippen LogP contribution in [0.25, 0.3) is 0 Å². The van der Waals surface area contributed by atoms with Crippen molar-refractivity contribution in [2.45, 2.75) is 57.9 Å². The first-order valence-corrected chi connectivity index (χ1v) is 6.23. The quantitative estimate of drug-likeness (QED) is 0.510. The number of unbranched alkanes of at least 4 members (excludes halogenated alkanes) is 5. The Kier molecular flexibility index (Phi) is 6.32. The fraction of sp³-hybridized carbons (Fsp3) is 0.900. The maximum atomic E-state index is 5.69. The Morgan fingerprint density at radius 3 is 2.60 bits per heavy atom. The van der Waals surface area contributed by atoms with Crippen molar-refractivity contribution in [1.29, 1.82) is 0 Å². The van der Waals surface area contributed by atoms with Gasteiger partial charge in [0.25, 0.3) is 0 Å². The molecule has 0 amide bonds. The second kappa shape index (κ2) is 7.63. The van der Waals surface area contributed by atoms with Crippen LogP contribution in [0.2, 0.25) is 0 Å². The predicted octanol–water partition coefficient (Wildman–Crippen LogP) is 2.77. The SMILES string of the molecule is CCCCCCCCn1nnnc1CCl. The van der Waals surface area contributed by atoms with E-state index in [1.54, 1.807) is 4.68 Å². The first-order chi connectivity index (χ1) is 7.38. The highest BCUT2D eigenvalue weighted by molar-refractivity contribution is 6.16. The zero-order valence-corrected chi connectivity index (χ0v) is 10.1. The lowest BCUT2D eigenvalue weighted by atomic mass is 10.1. The minimum atomic E-state index is 0.392. The summed E-state index contributed by atoms with van der Waals surface area (Å²) in [6.45, 7) is 3.12. The van der Waals surface area contributed by atoms with Crippen LogP contribution in [0.4, 0.5) is 0 Å². The Morgan fingerprint density at radius 2 is 1.87 bits per heavy atom. The lowest BCUT2D eigenvalue weighted by molar-refractivity contribution is 0.508. The van der Waals surface area contributed by atoms with Crippen LogP contribution in [0.5, 0.6) is 0 Å². The molecule has 1 heterocycles. The Hall–Kier alpha value is -0.640. The molecule has 1 rings (SSSR count). The first-order valence-electron chi connectivity index (χ1n) is 5.69. The van der Waals surface area contributed by atoms with E-state index in [-0.39, 0.29) is 0 Å². The van der Waals surface area contributed by atoms with Gasteiger partial charge >= 0.3 is 0 Å². The van der Waals surface area contributed by atoms with Crippen molar-refractivity contribution in [2.75, 3.05) is 0 Å². The van der Waals surface area contributed by atoms with E-state index in [0.717, 1.165) is 18.8 Å². The fourth-order valence-corrected chi connectivity index (χ4v) is 1.73. The van der Waals surface area contributed by atoms with Gasteiger partial charge in [-0.05, 0) is 16.8 Å². The molecule has 0 saturated heterocycles. The minimum absolute atomic E-state index is 0.392. The van der Waals surface area contributed by atoms with Crippen LogP contribution in [0.15, 0.2) is 0 Å². The lowest BCUT2D eigenvalue weighted by Crippen LogP contribution is -2.04. The van der Waals surface area contributed by atoms with Crippen molar-refractivity contribution >= 4 is 11.6 Å². The molecule has 0 fully saturated rings. The van der Waals surface area contributed by atoms with Gasteiger partial charge in [0.05, 0.1) is 5.88 Å². The van der Waals surface area contributed by atoms with E-state index >= 15 is 0 Å². The number of hydrogen-bond donors (Lipinski definition) is 0. The van der Waals surface area contributed by atoms with E-state index in [0.29, 0.717) is 5.88 Å². The topological polar surface area (TPSA) is 43.6 Å². The minimum Gasteiger partial charge on any atom is -0.228 e. The number of halogens is 1. The van der Waals surface area contributed by atoms with Crippen LogP contribution in [0, 0.1) is 0 Å². The number of hydrogen-bond acceptors (Lipinski definition) is 3. The van der Waals surface area contributed by atoms with E-state index in [2.05, 4.69) is 22.4 Å². The van der Waals surface area contributed by atoms with E-state index in [1.165, 1.54) is 32.1 Å². The normalized spacial score (nSPS) is 10.8. The second-order valence-electron chi connectivity index (χ2n) is 3.72. The Labute approximate surface area is 96.0 Å². The summed E-state index contributed by atoms with van der Waals surface area (Å²) in [5.74, 6) is 1.16. The van der Waals surface area contributed by atoms with Gasteiger partial charge in [0, 0.05) is 6.54 Å². The van der Waals surface area contributed by atoms with Gasteiger partial charge in [0.1, 0.15) is 0 Å². The van der Waals surface area contributed by atoms with E-state index < -0.39 is 0 Å². The van der Waals surface area contributed by atoms with Gasteiger partial charge < -0.3 is 0 Å². The Bertz CT molecular complexity index is 262. The highest BCUT2D eigenvalue weighted by Gasteiger charge is 2.02. The average molecular weight is 231 g/mol. The van der Waals surface area contributed by atoms with E-state index in [4.69, 9.17) is 11.6 Å². The summed E-state index contributed by atoms with van der Waals surface area (Å²) in [4.78, 5) is 0. The van der Waals surface area contributed by atoms with Crippen molar-refractivity contribution in [1.82, 2.24) is 20.2 Å².